The van der Waals surface area contributed by atoms with Gasteiger partial charge in [0.1, 0.15) is 6.54 Å². The summed E-state index contributed by atoms with van der Waals surface area (Å²) in [4.78, 5) is 43.8. The minimum atomic E-state index is -0.516. The Bertz CT molecular complexity index is 908. The standard InChI is InChI=1S/C25H36N4O3/c1-7-13-28(14-8-2)20(30)16-29-15-19-21(23(29)31)22(26-24(32)27(19)6)17-9-11-18(12-10-17)25(3,4)5/h9-12,22H,7-8,13-16H2,1-6H3,(H,26,32). The van der Waals surface area contributed by atoms with Gasteiger partial charge in [0.2, 0.25) is 5.91 Å². The van der Waals surface area contributed by atoms with E-state index in [1.165, 1.54) is 10.5 Å². The lowest BCUT2D eigenvalue weighted by atomic mass is 9.85. The molecule has 1 aromatic carbocycles. The highest BCUT2D eigenvalue weighted by Crippen LogP contribution is 2.36. The zero-order chi connectivity index (χ0) is 23.6. The normalized spacial score (nSPS) is 18.8. The summed E-state index contributed by atoms with van der Waals surface area (Å²) in [7, 11) is 1.67. The number of nitrogens with one attached hydrogen (secondary N) is 1. The van der Waals surface area contributed by atoms with E-state index in [0.29, 0.717) is 24.4 Å². The fraction of sp³-hybridized carbons (Fsp3) is 0.560. The molecule has 0 bridgehead atoms. The molecule has 2 aliphatic heterocycles. The molecular weight excluding hydrogens is 404 g/mol. The number of hydrogen-bond donors (Lipinski definition) is 1. The summed E-state index contributed by atoms with van der Waals surface area (Å²) in [5, 5.41) is 2.97. The van der Waals surface area contributed by atoms with Gasteiger partial charge in [-0.2, -0.15) is 0 Å². The lowest BCUT2D eigenvalue weighted by Gasteiger charge is -2.31. The van der Waals surface area contributed by atoms with Crippen LogP contribution in [0.15, 0.2) is 35.5 Å². The molecule has 4 amide bonds. The van der Waals surface area contributed by atoms with E-state index in [0.717, 1.165) is 18.4 Å². The first-order valence-corrected chi connectivity index (χ1v) is 11.5. The molecule has 1 aromatic rings. The fourth-order valence-corrected chi connectivity index (χ4v) is 4.34. The minimum Gasteiger partial charge on any atom is -0.341 e. The quantitative estimate of drug-likeness (QED) is 0.706. The number of amides is 4. The van der Waals surface area contributed by atoms with Crippen LogP contribution in [0.4, 0.5) is 4.79 Å². The molecule has 0 saturated carbocycles. The van der Waals surface area contributed by atoms with Gasteiger partial charge in [0.15, 0.2) is 0 Å². The second-order valence-corrected chi connectivity index (χ2v) is 9.72. The number of carbonyl (C=O) groups is 3. The van der Waals surface area contributed by atoms with Gasteiger partial charge >= 0.3 is 6.03 Å². The van der Waals surface area contributed by atoms with Crippen LogP contribution in [0.3, 0.4) is 0 Å². The third-order valence-electron chi connectivity index (χ3n) is 6.21. The molecule has 1 unspecified atom stereocenters. The summed E-state index contributed by atoms with van der Waals surface area (Å²) in [6.45, 7) is 12.2. The first kappa shape index (κ1) is 23.8. The van der Waals surface area contributed by atoms with E-state index >= 15 is 0 Å². The highest BCUT2D eigenvalue weighted by atomic mass is 16.2. The molecule has 0 aliphatic carbocycles. The van der Waals surface area contributed by atoms with E-state index in [9.17, 15) is 14.4 Å². The second kappa shape index (κ2) is 9.35. The average molecular weight is 441 g/mol. The summed E-state index contributed by atoms with van der Waals surface area (Å²) >= 11 is 0. The first-order chi connectivity index (χ1) is 15.1. The minimum absolute atomic E-state index is 0.0161. The van der Waals surface area contributed by atoms with Gasteiger partial charge in [-0.1, -0.05) is 58.9 Å². The van der Waals surface area contributed by atoms with Crippen LogP contribution in [0.1, 0.15) is 64.6 Å². The Morgan fingerprint density at radius 3 is 2.22 bits per heavy atom. The van der Waals surface area contributed by atoms with Crippen molar-refractivity contribution < 1.29 is 14.4 Å². The number of rotatable bonds is 7. The number of nitrogens with zero attached hydrogens (tertiary/aromatic N) is 3. The van der Waals surface area contributed by atoms with Gasteiger partial charge in [-0.15, -0.1) is 0 Å². The summed E-state index contributed by atoms with van der Waals surface area (Å²) in [6.07, 6.45) is 1.75. The van der Waals surface area contributed by atoms with Crippen LogP contribution in [0.25, 0.3) is 0 Å². The van der Waals surface area contributed by atoms with E-state index in [-0.39, 0.29) is 36.3 Å². The predicted octanol–water partition coefficient (Wildman–Crippen LogP) is 3.43. The highest BCUT2D eigenvalue weighted by Gasteiger charge is 2.43. The van der Waals surface area contributed by atoms with E-state index < -0.39 is 6.04 Å². The Balaban J connectivity index is 1.85. The Kier molecular flexibility index (Phi) is 6.96. The summed E-state index contributed by atoms with van der Waals surface area (Å²) in [5.41, 5.74) is 3.30. The van der Waals surface area contributed by atoms with E-state index in [1.54, 1.807) is 11.9 Å². The molecule has 0 aromatic heterocycles. The lowest BCUT2D eigenvalue weighted by Crippen LogP contribution is -2.45. The van der Waals surface area contributed by atoms with Crippen LogP contribution >= 0.6 is 0 Å². The maximum absolute atomic E-state index is 13.4. The number of likely N-dealkylation sites (N-methyl/N-ethyl adjacent to an activating group) is 1. The summed E-state index contributed by atoms with van der Waals surface area (Å²) < 4.78 is 0. The SMILES string of the molecule is CCCN(CCC)C(=O)CN1CC2=C(C1=O)C(c1ccc(C(C)(C)C)cc1)NC(=O)N2C. The molecule has 2 aliphatic rings. The van der Waals surface area contributed by atoms with E-state index in [1.807, 2.05) is 43.0 Å². The second-order valence-electron chi connectivity index (χ2n) is 9.72. The number of urea groups is 1. The molecule has 3 rings (SSSR count). The van der Waals surface area contributed by atoms with Crippen molar-refractivity contribution in [3.63, 3.8) is 0 Å². The van der Waals surface area contributed by atoms with Crippen LogP contribution in [0.5, 0.6) is 0 Å². The average Bonchev–Trinajstić information content (AvgIpc) is 3.06. The van der Waals surface area contributed by atoms with Crippen molar-refractivity contribution in [1.82, 2.24) is 20.0 Å². The van der Waals surface area contributed by atoms with Crippen molar-refractivity contribution in [3.8, 4) is 0 Å². The van der Waals surface area contributed by atoms with E-state index in [2.05, 4.69) is 26.1 Å². The molecule has 32 heavy (non-hydrogen) atoms. The van der Waals surface area contributed by atoms with Crippen molar-refractivity contribution in [2.24, 2.45) is 0 Å². The molecule has 2 heterocycles. The smallest absolute Gasteiger partial charge is 0.322 e. The highest BCUT2D eigenvalue weighted by molar-refractivity contribution is 6.02. The largest absolute Gasteiger partial charge is 0.341 e. The van der Waals surface area contributed by atoms with Gasteiger partial charge in [-0.05, 0) is 29.4 Å². The summed E-state index contributed by atoms with van der Waals surface area (Å²) in [6, 6.07) is 7.30. The zero-order valence-electron chi connectivity index (χ0n) is 20.2. The van der Waals surface area contributed by atoms with Gasteiger partial charge < -0.3 is 15.1 Å². The van der Waals surface area contributed by atoms with Gasteiger partial charge in [-0.25, -0.2) is 4.79 Å². The fourth-order valence-electron chi connectivity index (χ4n) is 4.34. The Morgan fingerprint density at radius 2 is 1.69 bits per heavy atom. The summed E-state index contributed by atoms with van der Waals surface area (Å²) in [5.74, 6) is -0.229. The topological polar surface area (TPSA) is 73.0 Å². The molecule has 0 spiro atoms. The molecule has 1 atom stereocenters. The zero-order valence-corrected chi connectivity index (χ0v) is 20.2. The first-order valence-electron chi connectivity index (χ1n) is 11.5. The van der Waals surface area contributed by atoms with Crippen LogP contribution in [-0.2, 0) is 15.0 Å². The van der Waals surface area contributed by atoms with Crippen LogP contribution in [0.2, 0.25) is 0 Å². The Labute approximate surface area is 191 Å². The molecule has 7 heteroatoms. The Hall–Kier alpha value is -2.83. The lowest BCUT2D eigenvalue weighted by molar-refractivity contribution is -0.137. The van der Waals surface area contributed by atoms with Crippen molar-refractivity contribution in [2.75, 3.05) is 33.2 Å². The van der Waals surface area contributed by atoms with Gasteiger partial charge in [0.05, 0.1) is 23.9 Å². The number of benzene rings is 1. The maximum Gasteiger partial charge on any atom is 0.322 e. The third-order valence-corrected chi connectivity index (χ3v) is 6.21. The third kappa shape index (κ3) is 4.66. The number of carbonyl (C=O) groups excluding carboxylic acids is 3. The van der Waals surface area contributed by atoms with Crippen molar-refractivity contribution in [2.45, 2.75) is 58.9 Å². The molecular formula is C25H36N4O3. The van der Waals surface area contributed by atoms with Crippen LogP contribution in [0, 0.1) is 0 Å². The van der Waals surface area contributed by atoms with E-state index in [4.69, 9.17) is 0 Å². The molecule has 174 valence electrons. The molecule has 0 saturated heterocycles. The van der Waals surface area contributed by atoms with Crippen LogP contribution < -0.4 is 5.32 Å². The van der Waals surface area contributed by atoms with Crippen LogP contribution in [-0.4, -0.2) is 65.8 Å². The maximum atomic E-state index is 13.4. The molecule has 0 fully saturated rings. The van der Waals surface area contributed by atoms with Crippen molar-refractivity contribution in [3.05, 3.63) is 46.7 Å². The number of hydrogen-bond acceptors (Lipinski definition) is 3. The Morgan fingerprint density at radius 1 is 1.09 bits per heavy atom. The molecule has 0 radical (unpaired) electrons. The van der Waals surface area contributed by atoms with Crippen molar-refractivity contribution in [1.29, 1.82) is 0 Å². The molecule has 7 nitrogen and oxygen atoms in total. The van der Waals surface area contributed by atoms with Gasteiger partial charge in [0.25, 0.3) is 5.91 Å². The van der Waals surface area contributed by atoms with Crippen molar-refractivity contribution >= 4 is 17.8 Å². The van der Waals surface area contributed by atoms with Gasteiger partial charge in [-0.3, -0.25) is 14.5 Å². The molecule has 1 N–H and O–H groups in total. The predicted molar refractivity (Wildman–Crippen MR) is 125 cm³/mol. The van der Waals surface area contributed by atoms with Gasteiger partial charge in [0, 0.05) is 20.1 Å². The monoisotopic (exact) mass is 440 g/mol.